The first kappa shape index (κ1) is 25.0. The Kier molecular flexibility index (Phi) is 7.71. The number of pyridine rings is 1. The monoisotopic (exact) mass is 481 g/mol. The molecule has 1 aromatic heterocycles. The fourth-order valence-electron chi connectivity index (χ4n) is 3.40. The first-order valence-electron chi connectivity index (χ1n) is 10.4. The third kappa shape index (κ3) is 6.21. The highest BCUT2D eigenvalue weighted by Gasteiger charge is 2.42. The number of carbonyl (C=O) groups excluding carboxylic acids is 3. The predicted molar refractivity (Wildman–Crippen MR) is 115 cm³/mol. The number of carbonyl (C=O) groups is 3. The maximum atomic E-state index is 13.9. The van der Waals surface area contributed by atoms with Crippen LogP contribution in [0.2, 0.25) is 0 Å². The van der Waals surface area contributed by atoms with Crippen LogP contribution in [0.25, 0.3) is 0 Å². The van der Waals surface area contributed by atoms with Gasteiger partial charge in [-0.15, -0.1) is 0 Å². The average Bonchev–Trinajstić information content (AvgIpc) is 3.64. The van der Waals surface area contributed by atoms with E-state index in [0.717, 1.165) is 17.7 Å². The van der Waals surface area contributed by atoms with Crippen molar-refractivity contribution in [1.82, 2.24) is 20.5 Å². The van der Waals surface area contributed by atoms with Gasteiger partial charge in [-0.3, -0.25) is 9.59 Å². The topological polar surface area (TPSA) is 169 Å². The normalized spacial score (nSPS) is 18.6. The van der Waals surface area contributed by atoms with Gasteiger partial charge in [0.15, 0.2) is 5.71 Å². The summed E-state index contributed by atoms with van der Waals surface area (Å²) in [5, 5.41) is 26.6. The number of ether oxygens (including phenoxy) is 1. The van der Waals surface area contributed by atoms with Gasteiger partial charge in [-0.05, 0) is 30.5 Å². The lowest BCUT2D eigenvalue weighted by molar-refractivity contribution is -0.120. The highest BCUT2D eigenvalue weighted by Crippen LogP contribution is 2.30. The van der Waals surface area contributed by atoms with Crippen LogP contribution < -0.4 is 16.0 Å². The van der Waals surface area contributed by atoms with E-state index >= 15 is 0 Å². The summed E-state index contributed by atoms with van der Waals surface area (Å²) < 4.78 is 32.9. The molecule has 0 aromatic carbocycles. The number of urea groups is 1. The van der Waals surface area contributed by atoms with Gasteiger partial charge in [-0.2, -0.15) is 0 Å². The molecule has 2 heterocycles. The molecule has 1 saturated heterocycles. The number of halogens is 2. The van der Waals surface area contributed by atoms with Crippen LogP contribution in [0.4, 0.5) is 19.4 Å². The molecule has 2 fully saturated rings. The molecule has 1 aliphatic heterocycles. The van der Waals surface area contributed by atoms with Crippen molar-refractivity contribution in [3.63, 3.8) is 0 Å². The van der Waals surface area contributed by atoms with Crippen LogP contribution >= 0.6 is 0 Å². The van der Waals surface area contributed by atoms with E-state index in [4.69, 9.17) is 15.4 Å². The van der Waals surface area contributed by atoms with Crippen LogP contribution in [0.15, 0.2) is 23.5 Å². The van der Waals surface area contributed by atoms with Crippen LogP contribution in [-0.2, 0) is 14.3 Å². The van der Waals surface area contributed by atoms with Gasteiger partial charge in [0.05, 0.1) is 38.0 Å². The van der Waals surface area contributed by atoms with E-state index in [2.05, 4.69) is 26.1 Å². The predicted octanol–water partition coefficient (Wildman–Crippen LogP) is 0.744. The summed E-state index contributed by atoms with van der Waals surface area (Å²) in [6.45, 7) is -2.13. The molecule has 2 aliphatic rings. The van der Waals surface area contributed by atoms with Crippen LogP contribution in [0.3, 0.4) is 0 Å². The Morgan fingerprint density at radius 3 is 2.85 bits per heavy atom. The Morgan fingerprint density at radius 2 is 2.21 bits per heavy atom. The second kappa shape index (κ2) is 10.5. The number of anilines is 1. The van der Waals surface area contributed by atoms with Gasteiger partial charge in [-0.25, -0.2) is 18.6 Å². The van der Waals surface area contributed by atoms with E-state index in [1.165, 1.54) is 25.4 Å². The Hall–Kier alpha value is -3.68. The fraction of sp³-hybridized carbons (Fsp3) is 0.500. The SMILES string of the molecule is COC[C@H](c1ccnc(NC(=O)CNC(=O)/C(=N/O)C(=N)C2CC2)c1)N1CC(F)(F)CNC1=O. The van der Waals surface area contributed by atoms with Gasteiger partial charge >= 0.3 is 6.03 Å². The van der Waals surface area contributed by atoms with Gasteiger partial charge in [0.1, 0.15) is 5.82 Å². The molecule has 0 spiro atoms. The van der Waals surface area contributed by atoms with E-state index in [-0.39, 0.29) is 24.1 Å². The molecule has 1 saturated carbocycles. The van der Waals surface area contributed by atoms with E-state index in [1.54, 1.807) is 0 Å². The summed E-state index contributed by atoms with van der Waals surface area (Å²) in [7, 11) is 1.37. The molecule has 0 unspecified atom stereocenters. The van der Waals surface area contributed by atoms with Gasteiger partial charge in [0, 0.05) is 19.2 Å². The molecular weight excluding hydrogens is 456 g/mol. The van der Waals surface area contributed by atoms with Crippen molar-refractivity contribution < 1.29 is 33.1 Å². The number of aromatic nitrogens is 1. The maximum Gasteiger partial charge on any atom is 0.318 e. The van der Waals surface area contributed by atoms with Crippen LogP contribution in [-0.4, -0.2) is 83.6 Å². The first-order valence-corrected chi connectivity index (χ1v) is 10.4. The van der Waals surface area contributed by atoms with Crippen molar-refractivity contribution >= 4 is 35.1 Å². The minimum absolute atomic E-state index is 0.0591. The molecule has 184 valence electrons. The molecule has 3 rings (SSSR count). The van der Waals surface area contributed by atoms with Gasteiger partial charge < -0.3 is 36.2 Å². The molecule has 0 radical (unpaired) electrons. The molecule has 34 heavy (non-hydrogen) atoms. The van der Waals surface area contributed by atoms with E-state index in [9.17, 15) is 23.2 Å². The number of nitrogens with zero attached hydrogens (tertiary/aromatic N) is 3. The zero-order chi connectivity index (χ0) is 24.9. The second-order valence-corrected chi connectivity index (χ2v) is 7.96. The lowest BCUT2D eigenvalue weighted by Crippen LogP contribution is -2.58. The minimum atomic E-state index is -3.12. The van der Waals surface area contributed by atoms with E-state index in [0.29, 0.717) is 5.56 Å². The third-order valence-electron chi connectivity index (χ3n) is 5.26. The highest BCUT2D eigenvalue weighted by molar-refractivity contribution is 6.66. The summed E-state index contributed by atoms with van der Waals surface area (Å²) in [5.74, 6) is -4.72. The Morgan fingerprint density at radius 1 is 1.47 bits per heavy atom. The molecule has 1 atom stereocenters. The molecule has 1 aliphatic carbocycles. The molecule has 12 nitrogen and oxygen atoms in total. The van der Waals surface area contributed by atoms with E-state index in [1.807, 2.05) is 0 Å². The van der Waals surface area contributed by atoms with Crippen molar-refractivity contribution in [2.75, 3.05) is 38.7 Å². The third-order valence-corrected chi connectivity index (χ3v) is 5.26. The van der Waals surface area contributed by atoms with Crippen LogP contribution in [0.5, 0.6) is 0 Å². The summed E-state index contributed by atoms with van der Waals surface area (Å²) in [5.41, 5.74) is -0.141. The molecule has 5 N–H and O–H groups in total. The van der Waals surface area contributed by atoms with Gasteiger partial charge in [0.25, 0.3) is 11.8 Å². The largest absolute Gasteiger partial charge is 0.410 e. The number of nitrogens with one attached hydrogen (secondary N) is 4. The highest BCUT2D eigenvalue weighted by atomic mass is 19.3. The average molecular weight is 481 g/mol. The maximum absolute atomic E-state index is 13.9. The number of alkyl halides is 2. The minimum Gasteiger partial charge on any atom is -0.410 e. The van der Waals surface area contributed by atoms with Crippen molar-refractivity contribution in [1.29, 1.82) is 5.41 Å². The Balaban J connectivity index is 1.64. The molecule has 4 amide bonds. The van der Waals surface area contributed by atoms with Gasteiger partial charge in [0.2, 0.25) is 5.91 Å². The zero-order valence-electron chi connectivity index (χ0n) is 18.3. The smallest absolute Gasteiger partial charge is 0.318 e. The number of rotatable bonds is 10. The number of amides is 4. The second-order valence-electron chi connectivity index (χ2n) is 7.96. The van der Waals surface area contributed by atoms with Crippen molar-refractivity contribution in [3.05, 3.63) is 23.9 Å². The molecule has 14 heteroatoms. The quantitative estimate of drug-likeness (QED) is 0.188. The number of hydrogen-bond acceptors (Lipinski definition) is 8. The zero-order valence-corrected chi connectivity index (χ0v) is 18.3. The van der Waals surface area contributed by atoms with Crippen LogP contribution in [0.1, 0.15) is 24.4 Å². The summed E-state index contributed by atoms with van der Waals surface area (Å²) in [4.78, 5) is 41.6. The van der Waals surface area contributed by atoms with Crippen LogP contribution in [0, 0.1) is 11.3 Å². The number of oxime groups is 1. The fourth-order valence-corrected chi connectivity index (χ4v) is 3.40. The van der Waals surface area contributed by atoms with Crippen molar-refractivity contribution in [2.24, 2.45) is 11.1 Å². The Bertz CT molecular complexity index is 999. The standard InChI is InChI=1S/C20H25F2N7O5/c1-34-8-13(29-10-20(21,22)9-26-19(29)32)12-4-5-24-14(6-12)27-15(30)7-25-18(31)17(28-33)16(23)11-2-3-11/h4-6,11,13,23,33H,2-3,7-10H2,1H3,(H,25,31)(H,26,32)(H,24,27,30)/b23-16?,28-17+/t13-/m1/s1. The lowest BCUT2D eigenvalue weighted by atomic mass is 10.1. The molecule has 0 bridgehead atoms. The molecule has 1 aromatic rings. The Labute approximate surface area is 193 Å². The summed E-state index contributed by atoms with van der Waals surface area (Å²) in [6, 6.07) is 1.38. The molecular formula is C20H25F2N7O5. The number of hydrogen-bond donors (Lipinski definition) is 5. The van der Waals surface area contributed by atoms with Gasteiger partial charge in [-0.1, -0.05) is 5.16 Å². The summed E-state index contributed by atoms with van der Waals surface area (Å²) >= 11 is 0. The van der Waals surface area contributed by atoms with Crippen molar-refractivity contribution in [2.45, 2.75) is 24.8 Å². The van der Waals surface area contributed by atoms with Crippen molar-refractivity contribution in [3.8, 4) is 0 Å². The van der Waals surface area contributed by atoms with E-state index < -0.39 is 55.2 Å². The summed E-state index contributed by atoms with van der Waals surface area (Å²) in [6.07, 6.45) is 2.79. The number of methoxy groups -OCH3 is 1. The first-order chi connectivity index (χ1) is 16.1. The lowest BCUT2D eigenvalue weighted by Gasteiger charge is -2.38.